The molecule has 0 bridgehead atoms. The number of nitrogens with one attached hydrogen (secondary N) is 2. The Labute approximate surface area is 97.9 Å². The molecule has 1 heterocycles. The Morgan fingerprint density at radius 3 is 2.53 bits per heavy atom. The summed E-state index contributed by atoms with van der Waals surface area (Å²) in [6, 6.07) is 4.84. The number of rotatable bonds is 1. The Morgan fingerprint density at radius 1 is 1.12 bits per heavy atom. The van der Waals surface area contributed by atoms with E-state index in [0.717, 1.165) is 0 Å². The Kier molecular flexibility index (Phi) is 3.13. The second kappa shape index (κ2) is 4.73. The van der Waals surface area contributed by atoms with Gasteiger partial charge in [-0.3, -0.25) is 20.4 Å². The van der Waals surface area contributed by atoms with Crippen LogP contribution in [0, 0.1) is 0 Å². The fraction of sp³-hybridized carbons (Fsp3) is 0.273. The molecule has 17 heavy (non-hydrogen) atoms. The molecule has 90 valence electrons. The minimum Gasteiger partial charge on any atom is -0.486 e. The van der Waals surface area contributed by atoms with E-state index in [2.05, 4.69) is 10.9 Å². The summed E-state index contributed by atoms with van der Waals surface area (Å²) >= 11 is 0. The van der Waals surface area contributed by atoms with Crippen LogP contribution in [-0.2, 0) is 4.79 Å². The number of carbonyl (C=O) groups excluding carboxylic acids is 2. The molecule has 6 nitrogen and oxygen atoms in total. The molecule has 6 heteroatoms. The lowest BCUT2D eigenvalue weighted by atomic mass is 10.2. The second-order valence-electron chi connectivity index (χ2n) is 3.49. The van der Waals surface area contributed by atoms with Crippen molar-refractivity contribution in [3.8, 4) is 11.5 Å². The fourth-order valence-electron chi connectivity index (χ4n) is 1.40. The summed E-state index contributed by atoms with van der Waals surface area (Å²) in [7, 11) is 0. The van der Waals surface area contributed by atoms with Gasteiger partial charge in [-0.25, -0.2) is 0 Å². The predicted molar refractivity (Wildman–Crippen MR) is 58.7 cm³/mol. The molecule has 2 rings (SSSR count). The Balaban J connectivity index is 2.11. The number of hydrogen-bond donors (Lipinski definition) is 2. The van der Waals surface area contributed by atoms with Crippen molar-refractivity contribution in [3.05, 3.63) is 23.8 Å². The SMILES string of the molecule is CC(=O)NNC(=O)c1ccc2c(c1)OCCO2. The minimum atomic E-state index is -0.405. The van der Waals surface area contributed by atoms with Crippen LogP contribution in [0.1, 0.15) is 17.3 Å². The maximum absolute atomic E-state index is 11.6. The topological polar surface area (TPSA) is 76.7 Å². The Hall–Kier alpha value is -2.24. The van der Waals surface area contributed by atoms with Crippen LogP contribution in [0.3, 0.4) is 0 Å². The summed E-state index contributed by atoms with van der Waals surface area (Å²) in [6.45, 7) is 2.28. The quantitative estimate of drug-likeness (QED) is 0.685. The summed E-state index contributed by atoms with van der Waals surface area (Å²) in [4.78, 5) is 22.3. The summed E-state index contributed by atoms with van der Waals surface area (Å²) < 4.78 is 10.7. The van der Waals surface area contributed by atoms with E-state index in [9.17, 15) is 9.59 Å². The highest BCUT2D eigenvalue weighted by Crippen LogP contribution is 2.30. The van der Waals surface area contributed by atoms with Crippen LogP contribution in [0.2, 0.25) is 0 Å². The number of hydrazine groups is 1. The van der Waals surface area contributed by atoms with Crippen LogP contribution in [0.15, 0.2) is 18.2 Å². The van der Waals surface area contributed by atoms with E-state index in [1.54, 1.807) is 18.2 Å². The third kappa shape index (κ3) is 2.66. The van der Waals surface area contributed by atoms with E-state index in [4.69, 9.17) is 9.47 Å². The first-order chi connectivity index (χ1) is 8.16. The van der Waals surface area contributed by atoms with Gasteiger partial charge in [-0.05, 0) is 18.2 Å². The zero-order valence-corrected chi connectivity index (χ0v) is 9.28. The molecule has 1 aliphatic heterocycles. The lowest BCUT2D eigenvalue weighted by Gasteiger charge is -2.18. The van der Waals surface area contributed by atoms with E-state index in [-0.39, 0.29) is 5.91 Å². The van der Waals surface area contributed by atoms with Crippen molar-refractivity contribution in [2.75, 3.05) is 13.2 Å². The normalized spacial score (nSPS) is 12.8. The van der Waals surface area contributed by atoms with E-state index in [1.165, 1.54) is 6.92 Å². The molecule has 0 spiro atoms. The summed E-state index contributed by atoms with van der Waals surface area (Å²) in [5.41, 5.74) is 4.88. The molecule has 0 fully saturated rings. The largest absolute Gasteiger partial charge is 0.486 e. The highest BCUT2D eigenvalue weighted by Gasteiger charge is 2.14. The van der Waals surface area contributed by atoms with Crippen molar-refractivity contribution >= 4 is 11.8 Å². The van der Waals surface area contributed by atoms with Gasteiger partial charge < -0.3 is 9.47 Å². The number of amides is 2. The lowest BCUT2D eigenvalue weighted by Crippen LogP contribution is -2.40. The Morgan fingerprint density at radius 2 is 1.82 bits per heavy atom. The highest BCUT2D eigenvalue weighted by molar-refractivity contribution is 5.95. The van der Waals surface area contributed by atoms with Gasteiger partial charge in [0, 0.05) is 12.5 Å². The summed E-state index contributed by atoms with van der Waals surface area (Å²) in [6.07, 6.45) is 0. The zero-order chi connectivity index (χ0) is 12.3. The van der Waals surface area contributed by atoms with Crippen LogP contribution in [-0.4, -0.2) is 25.0 Å². The highest BCUT2D eigenvalue weighted by atomic mass is 16.6. The zero-order valence-electron chi connectivity index (χ0n) is 9.28. The van der Waals surface area contributed by atoms with Gasteiger partial charge in [0.15, 0.2) is 11.5 Å². The Bertz CT molecular complexity index is 459. The van der Waals surface area contributed by atoms with E-state index < -0.39 is 5.91 Å². The third-order valence-electron chi connectivity index (χ3n) is 2.16. The maximum Gasteiger partial charge on any atom is 0.269 e. The van der Waals surface area contributed by atoms with Crippen molar-refractivity contribution in [2.24, 2.45) is 0 Å². The monoisotopic (exact) mass is 236 g/mol. The van der Waals surface area contributed by atoms with Gasteiger partial charge in [0.25, 0.3) is 5.91 Å². The molecule has 2 amide bonds. The summed E-state index contributed by atoms with van der Waals surface area (Å²) in [5, 5.41) is 0. The first kappa shape index (κ1) is 11.3. The molecule has 0 aliphatic carbocycles. The number of hydrogen-bond acceptors (Lipinski definition) is 4. The van der Waals surface area contributed by atoms with Crippen LogP contribution in [0.25, 0.3) is 0 Å². The van der Waals surface area contributed by atoms with E-state index >= 15 is 0 Å². The molecule has 0 unspecified atom stereocenters. The van der Waals surface area contributed by atoms with Crippen molar-refractivity contribution < 1.29 is 19.1 Å². The van der Waals surface area contributed by atoms with Gasteiger partial charge in [0.2, 0.25) is 5.91 Å². The minimum absolute atomic E-state index is 0.337. The molecule has 1 aromatic rings. The fourth-order valence-corrected chi connectivity index (χ4v) is 1.40. The van der Waals surface area contributed by atoms with Gasteiger partial charge in [-0.15, -0.1) is 0 Å². The van der Waals surface area contributed by atoms with Gasteiger partial charge in [-0.1, -0.05) is 0 Å². The lowest BCUT2D eigenvalue weighted by molar-refractivity contribution is -0.119. The second-order valence-corrected chi connectivity index (χ2v) is 3.49. The van der Waals surface area contributed by atoms with Crippen LogP contribution < -0.4 is 20.3 Å². The molecule has 1 aliphatic rings. The van der Waals surface area contributed by atoms with Crippen molar-refractivity contribution in [1.29, 1.82) is 0 Å². The average molecular weight is 236 g/mol. The molecule has 0 saturated heterocycles. The summed E-state index contributed by atoms with van der Waals surface area (Å²) in [5.74, 6) is 0.409. The van der Waals surface area contributed by atoms with Gasteiger partial charge in [-0.2, -0.15) is 0 Å². The first-order valence-electron chi connectivity index (χ1n) is 5.13. The molecule has 0 radical (unpaired) electrons. The molecule has 1 aromatic carbocycles. The number of benzene rings is 1. The molecule has 0 aromatic heterocycles. The number of ether oxygens (including phenoxy) is 2. The average Bonchev–Trinajstić information content (AvgIpc) is 2.35. The van der Waals surface area contributed by atoms with Crippen LogP contribution in [0.5, 0.6) is 11.5 Å². The first-order valence-corrected chi connectivity index (χ1v) is 5.13. The van der Waals surface area contributed by atoms with Crippen molar-refractivity contribution in [3.63, 3.8) is 0 Å². The van der Waals surface area contributed by atoms with Crippen molar-refractivity contribution in [2.45, 2.75) is 6.92 Å². The molecule has 0 atom stereocenters. The molecule has 2 N–H and O–H groups in total. The van der Waals surface area contributed by atoms with E-state index in [0.29, 0.717) is 30.3 Å². The van der Waals surface area contributed by atoms with Crippen LogP contribution in [0.4, 0.5) is 0 Å². The maximum atomic E-state index is 11.6. The van der Waals surface area contributed by atoms with Crippen molar-refractivity contribution in [1.82, 2.24) is 10.9 Å². The van der Waals surface area contributed by atoms with Crippen LogP contribution >= 0.6 is 0 Å². The van der Waals surface area contributed by atoms with E-state index in [1.807, 2.05) is 0 Å². The standard InChI is InChI=1S/C11H12N2O4/c1-7(14)12-13-11(15)8-2-3-9-10(6-8)17-5-4-16-9/h2-3,6H,4-5H2,1H3,(H,12,14)(H,13,15). The third-order valence-corrected chi connectivity index (χ3v) is 2.16. The van der Waals surface area contributed by atoms with Gasteiger partial charge in [0.1, 0.15) is 13.2 Å². The smallest absolute Gasteiger partial charge is 0.269 e. The number of carbonyl (C=O) groups is 2. The van der Waals surface area contributed by atoms with Gasteiger partial charge >= 0.3 is 0 Å². The number of fused-ring (bicyclic) bond motifs is 1. The molecular weight excluding hydrogens is 224 g/mol. The molecular formula is C11H12N2O4. The molecule has 0 saturated carbocycles. The van der Waals surface area contributed by atoms with Gasteiger partial charge in [0.05, 0.1) is 0 Å². The predicted octanol–water partition coefficient (Wildman–Crippen LogP) is 0.239.